The first-order valence-electron chi connectivity index (χ1n) is 7.59. The summed E-state index contributed by atoms with van der Waals surface area (Å²) in [7, 11) is 1.61. The van der Waals surface area contributed by atoms with Crippen molar-refractivity contribution >= 4 is 23.4 Å². The molecule has 0 aromatic heterocycles. The summed E-state index contributed by atoms with van der Waals surface area (Å²) in [6.07, 6.45) is -0.248. The van der Waals surface area contributed by atoms with Gasteiger partial charge in [-0.05, 0) is 48.5 Å². The number of hydrogen-bond acceptors (Lipinski definition) is 4. The van der Waals surface area contributed by atoms with Gasteiger partial charge in [-0.2, -0.15) is 5.01 Å². The van der Waals surface area contributed by atoms with E-state index >= 15 is 0 Å². The molecular formula is C18H17ClN2O3. The van der Waals surface area contributed by atoms with Crippen LogP contribution in [0, 0.1) is 0 Å². The van der Waals surface area contributed by atoms with Crippen LogP contribution in [0.4, 0.5) is 0 Å². The fourth-order valence-electron chi connectivity index (χ4n) is 2.37. The number of hydrogen-bond donors (Lipinski definition) is 0. The molecule has 124 valence electrons. The molecule has 6 heteroatoms. The Labute approximate surface area is 145 Å². The van der Waals surface area contributed by atoms with Gasteiger partial charge >= 0.3 is 0 Å². The van der Waals surface area contributed by atoms with E-state index < -0.39 is 6.23 Å². The summed E-state index contributed by atoms with van der Waals surface area (Å²) < 4.78 is 11.1. The average molecular weight is 345 g/mol. The minimum Gasteiger partial charge on any atom is -0.497 e. The molecule has 3 rings (SSSR count). The first-order chi connectivity index (χ1) is 11.6. The number of ether oxygens (including phenoxy) is 2. The van der Waals surface area contributed by atoms with Gasteiger partial charge in [0.25, 0.3) is 0 Å². The van der Waals surface area contributed by atoms with Crippen LogP contribution in [0.5, 0.6) is 5.75 Å². The maximum Gasteiger partial charge on any atom is 0.246 e. The number of carbonyl (C=O) groups is 1. The van der Waals surface area contributed by atoms with Crippen molar-refractivity contribution in [2.75, 3.05) is 7.11 Å². The SMILES string of the molecule is CCC(=O)N1N=C(c2ccc(Cl)cc2)O[C@H]1c1ccc(OC)cc1. The largest absolute Gasteiger partial charge is 0.497 e. The summed E-state index contributed by atoms with van der Waals surface area (Å²) in [5.41, 5.74) is 1.59. The summed E-state index contributed by atoms with van der Waals surface area (Å²) in [5.74, 6) is 1.03. The maximum atomic E-state index is 12.2. The van der Waals surface area contributed by atoms with E-state index in [0.29, 0.717) is 17.3 Å². The van der Waals surface area contributed by atoms with Gasteiger partial charge in [0.2, 0.25) is 18.0 Å². The van der Waals surface area contributed by atoms with Crippen molar-refractivity contribution in [2.45, 2.75) is 19.6 Å². The predicted octanol–water partition coefficient (Wildman–Crippen LogP) is 3.98. The lowest BCUT2D eigenvalue weighted by molar-refractivity contribution is -0.137. The molecule has 1 amide bonds. The highest BCUT2D eigenvalue weighted by atomic mass is 35.5. The van der Waals surface area contributed by atoms with Crippen molar-refractivity contribution in [2.24, 2.45) is 5.10 Å². The Kier molecular flexibility index (Phi) is 4.71. The fraction of sp³-hybridized carbons (Fsp3) is 0.222. The molecule has 0 saturated carbocycles. The third-order valence-corrected chi connectivity index (χ3v) is 3.95. The molecule has 0 saturated heterocycles. The molecule has 24 heavy (non-hydrogen) atoms. The van der Waals surface area contributed by atoms with E-state index in [9.17, 15) is 4.79 Å². The normalized spacial score (nSPS) is 16.5. The second-order valence-electron chi connectivity index (χ2n) is 5.25. The molecule has 1 atom stereocenters. The number of methoxy groups -OCH3 is 1. The van der Waals surface area contributed by atoms with Crippen molar-refractivity contribution in [1.29, 1.82) is 0 Å². The van der Waals surface area contributed by atoms with Crippen LogP contribution < -0.4 is 4.74 Å². The van der Waals surface area contributed by atoms with E-state index in [2.05, 4.69) is 5.10 Å². The smallest absolute Gasteiger partial charge is 0.246 e. The van der Waals surface area contributed by atoms with Gasteiger partial charge in [-0.25, -0.2) is 0 Å². The Morgan fingerprint density at radius 1 is 1.21 bits per heavy atom. The Morgan fingerprint density at radius 3 is 2.46 bits per heavy atom. The third-order valence-electron chi connectivity index (χ3n) is 3.69. The topological polar surface area (TPSA) is 51.1 Å². The summed E-state index contributed by atoms with van der Waals surface area (Å²) in [6, 6.07) is 14.5. The monoisotopic (exact) mass is 344 g/mol. The average Bonchev–Trinajstić information content (AvgIpc) is 3.07. The van der Waals surface area contributed by atoms with Gasteiger partial charge in [0, 0.05) is 22.6 Å². The van der Waals surface area contributed by atoms with E-state index in [1.54, 1.807) is 26.2 Å². The van der Waals surface area contributed by atoms with E-state index in [-0.39, 0.29) is 5.91 Å². The highest BCUT2D eigenvalue weighted by Gasteiger charge is 2.33. The number of carbonyl (C=O) groups excluding carboxylic acids is 1. The summed E-state index contributed by atoms with van der Waals surface area (Å²) in [6.45, 7) is 1.79. The first kappa shape index (κ1) is 16.3. The minimum absolute atomic E-state index is 0.111. The van der Waals surface area contributed by atoms with Gasteiger partial charge in [-0.1, -0.05) is 18.5 Å². The lowest BCUT2D eigenvalue weighted by atomic mass is 10.2. The molecule has 0 radical (unpaired) electrons. The maximum absolute atomic E-state index is 12.2. The van der Waals surface area contributed by atoms with Crippen molar-refractivity contribution in [3.8, 4) is 5.75 Å². The zero-order chi connectivity index (χ0) is 17.1. The number of rotatable bonds is 4. The van der Waals surface area contributed by atoms with Crippen LogP contribution in [0.3, 0.4) is 0 Å². The van der Waals surface area contributed by atoms with Gasteiger partial charge in [0.05, 0.1) is 7.11 Å². The lowest BCUT2D eigenvalue weighted by Gasteiger charge is -2.20. The molecule has 0 N–H and O–H groups in total. The highest BCUT2D eigenvalue weighted by Crippen LogP contribution is 2.31. The molecule has 0 spiro atoms. The quantitative estimate of drug-likeness (QED) is 0.843. The van der Waals surface area contributed by atoms with E-state index in [1.807, 2.05) is 36.4 Å². The van der Waals surface area contributed by atoms with E-state index in [1.165, 1.54) is 5.01 Å². The van der Waals surface area contributed by atoms with Gasteiger partial charge in [0.1, 0.15) is 5.75 Å². The van der Waals surface area contributed by atoms with Crippen molar-refractivity contribution in [3.63, 3.8) is 0 Å². The van der Waals surface area contributed by atoms with Crippen molar-refractivity contribution in [3.05, 3.63) is 64.7 Å². The van der Waals surface area contributed by atoms with E-state index in [0.717, 1.165) is 16.9 Å². The highest BCUT2D eigenvalue weighted by molar-refractivity contribution is 6.30. The van der Waals surface area contributed by atoms with Gasteiger partial charge in [-0.15, -0.1) is 5.10 Å². The van der Waals surface area contributed by atoms with Gasteiger partial charge in [0.15, 0.2) is 0 Å². The van der Waals surface area contributed by atoms with Gasteiger partial charge in [-0.3, -0.25) is 4.79 Å². The molecular weight excluding hydrogens is 328 g/mol. The van der Waals surface area contributed by atoms with E-state index in [4.69, 9.17) is 21.1 Å². The van der Waals surface area contributed by atoms with Crippen LogP contribution in [0.15, 0.2) is 53.6 Å². The lowest BCUT2D eigenvalue weighted by Crippen LogP contribution is -2.26. The van der Waals surface area contributed by atoms with Crippen LogP contribution in [-0.4, -0.2) is 23.9 Å². The number of benzene rings is 2. The summed E-state index contributed by atoms with van der Waals surface area (Å²) in [5, 5.41) is 6.37. The Balaban J connectivity index is 1.91. The third kappa shape index (κ3) is 3.21. The molecule has 1 heterocycles. The zero-order valence-corrected chi connectivity index (χ0v) is 14.2. The number of hydrazone groups is 1. The first-order valence-corrected chi connectivity index (χ1v) is 7.97. The standard InChI is InChI=1S/C18H17ClN2O3/c1-3-16(22)21-18(13-6-10-15(23-2)11-7-13)24-17(20-21)12-4-8-14(19)9-5-12/h4-11,18H,3H2,1-2H3/t18-/m0/s1. The number of halogens is 1. The molecule has 0 unspecified atom stereocenters. The zero-order valence-electron chi connectivity index (χ0n) is 13.4. The van der Waals surface area contributed by atoms with Crippen LogP contribution in [0.2, 0.25) is 5.02 Å². The Morgan fingerprint density at radius 2 is 1.88 bits per heavy atom. The summed E-state index contributed by atoms with van der Waals surface area (Å²) in [4.78, 5) is 12.2. The van der Waals surface area contributed by atoms with Crippen molar-refractivity contribution < 1.29 is 14.3 Å². The molecule has 5 nitrogen and oxygen atoms in total. The molecule has 0 aliphatic carbocycles. The molecule has 0 bridgehead atoms. The van der Waals surface area contributed by atoms with Crippen LogP contribution in [0.25, 0.3) is 0 Å². The second kappa shape index (κ2) is 6.93. The van der Waals surface area contributed by atoms with Crippen molar-refractivity contribution in [1.82, 2.24) is 5.01 Å². The number of nitrogens with zero attached hydrogens (tertiary/aromatic N) is 2. The molecule has 2 aromatic carbocycles. The summed E-state index contributed by atoms with van der Waals surface area (Å²) >= 11 is 5.92. The Bertz CT molecular complexity index is 757. The second-order valence-corrected chi connectivity index (χ2v) is 5.68. The molecule has 0 fully saturated rings. The fourth-order valence-corrected chi connectivity index (χ4v) is 2.50. The van der Waals surface area contributed by atoms with Crippen LogP contribution in [-0.2, 0) is 9.53 Å². The molecule has 2 aromatic rings. The number of amides is 1. The Hall–Kier alpha value is -2.53. The minimum atomic E-state index is -0.589. The van der Waals surface area contributed by atoms with Gasteiger partial charge < -0.3 is 9.47 Å². The van der Waals surface area contributed by atoms with Crippen LogP contribution in [0.1, 0.15) is 30.7 Å². The van der Waals surface area contributed by atoms with Crippen LogP contribution >= 0.6 is 11.6 Å². The molecule has 1 aliphatic rings. The predicted molar refractivity (Wildman–Crippen MR) is 91.9 cm³/mol. The molecule has 1 aliphatic heterocycles.